The fraction of sp³-hybridized carbons (Fsp3) is 0.167. The summed E-state index contributed by atoms with van der Waals surface area (Å²) in [4.78, 5) is 28.1. The first-order valence-corrected chi connectivity index (χ1v) is 7.55. The second kappa shape index (κ2) is 6.95. The predicted octanol–water partition coefficient (Wildman–Crippen LogP) is 2.32. The Labute approximate surface area is 138 Å². The van der Waals surface area contributed by atoms with Crippen molar-refractivity contribution in [2.24, 2.45) is 0 Å². The zero-order chi connectivity index (χ0) is 16.9. The summed E-state index contributed by atoms with van der Waals surface area (Å²) in [6, 6.07) is 11.9. The van der Waals surface area contributed by atoms with Crippen molar-refractivity contribution in [3.05, 3.63) is 88.5 Å². The van der Waals surface area contributed by atoms with Crippen LogP contribution in [0.4, 0.5) is 0 Å². The van der Waals surface area contributed by atoms with Gasteiger partial charge in [-0.05, 0) is 12.5 Å². The Morgan fingerprint density at radius 3 is 2.75 bits per heavy atom. The summed E-state index contributed by atoms with van der Waals surface area (Å²) in [6.07, 6.45) is 5.20. The molecule has 0 aliphatic rings. The molecule has 122 valence electrons. The number of imidazole rings is 1. The molecule has 1 unspecified atom stereocenters. The molecule has 1 aromatic carbocycles. The first-order chi connectivity index (χ1) is 11.6. The van der Waals surface area contributed by atoms with Gasteiger partial charge >= 0.3 is 0 Å². The number of rotatable bonds is 5. The summed E-state index contributed by atoms with van der Waals surface area (Å²) < 4.78 is 7.24. The molecule has 2 aromatic heterocycles. The summed E-state index contributed by atoms with van der Waals surface area (Å²) >= 11 is 0. The molecule has 3 aromatic rings. The van der Waals surface area contributed by atoms with Crippen LogP contribution in [0.2, 0.25) is 0 Å². The van der Waals surface area contributed by atoms with Crippen molar-refractivity contribution < 1.29 is 9.21 Å². The fourth-order valence-corrected chi connectivity index (χ4v) is 2.47. The molecular formula is C18H17N3O3. The van der Waals surface area contributed by atoms with Gasteiger partial charge in [-0.2, -0.15) is 0 Å². The second-order valence-corrected chi connectivity index (χ2v) is 5.46. The standard InChI is InChI=1S/C18H17N3O3/c1-13-9-15(22)10-17(24-13)18(23)20-16(11-21-8-7-19-12-21)14-5-3-2-4-6-14/h2-10,12,16H,11H2,1H3,(H,20,23). The van der Waals surface area contributed by atoms with E-state index in [0.29, 0.717) is 12.3 Å². The van der Waals surface area contributed by atoms with Gasteiger partial charge in [-0.15, -0.1) is 0 Å². The Morgan fingerprint density at radius 2 is 2.08 bits per heavy atom. The maximum absolute atomic E-state index is 12.5. The average Bonchev–Trinajstić information content (AvgIpc) is 3.07. The van der Waals surface area contributed by atoms with E-state index in [-0.39, 0.29) is 17.2 Å². The van der Waals surface area contributed by atoms with Crippen LogP contribution in [0.15, 0.2) is 70.4 Å². The highest BCUT2D eigenvalue weighted by molar-refractivity contribution is 5.91. The first kappa shape index (κ1) is 15.7. The Balaban J connectivity index is 1.85. The Kier molecular flexibility index (Phi) is 4.56. The molecule has 2 heterocycles. The minimum absolute atomic E-state index is 0.00608. The fourth-order valence-electron chi connectivity index (χ4n) is 2.47. The van der Waals surface area contributed by atoms with Gasteiger partial charge in [0, 0.05) is 31.1 Å². The third kappa shape index (κ3) is 3.78. The highest BCUT2D eigenvalue weighted by atomic mass is 16.3. The lowest BCUT2D eigenvalue weighted by Gasteiger charge is -2.19. The van der Waals surface area contributed by atoms with Crippen molar-refractivity contribution in [2.75, 3.05) is 0 Å². The summed E-state index contributed by atoms with van der Waals surface area (Å²) in [7, 11) is 0. The lowest BCUT2D eigenvalue weighted by Crippen LogP contribution is -2.31. The maximum atomic E-state index is 12.5. The molecule has 0 saturated heterocycles. The normalized spacial score (nSPS) is 11.9. The Morgan fingerprint density at radius 1 is 1.29 bits per heavy atom. The van der Waals surface area contributed by atoms with E-state index in [0.717, 1.165) is 5.56 Å². The van der Waals surface area contributed by atoms with Crippen LogP contribution in [0, 0.1) is 6.92 Å². The van der Waals surface area contributed by atoms with Gasteiger partial charge in [-0.3, -0.25) is 9.59 Å². The average molecular weight is 323 g/mol. The zero-order valence-electron chi connectivity index (χ0n) is 13.2. The van der Waals surface area contributed by atoms with Gasteiger partial charge in [0.25, 0.3) is 5.91 Å². The molecule has 1 amide bonds. The lowest BCUT2D eigenvalue weighted by atomic mass is 10.1. The van der Waals surface area contributed by atoms with Crippen LogP contribution >= 0.6 is 0 Å². The van der Waals surface area contributed by atoms with Crippen LogP contribution in [-0.2, 0) is 6.54 Å². The molecule has 6 heteroatoms. The number of nitrogens with zero attached hydrogens (tertiary/aromatic N) is 2. The van der Waals surface area contributed by atoms with Crippen molar-refractivity contribution in [3.8, 4) is 0 Å². The van der Waals surface area contributed by atoms with Crippen LogP contribution in [0.1, 0.15) is 27.9 Å². The van der Waals surface area contributed by atoms with Gasteiger partial charge < -0.3 is 14.3 Å². The largest absolute Gasteiger partial charge is 0.456 e. The monoisotopic (exact) mass is 323 g/mol. The molecule has 24 heavy (non-hydrogen) atoms. The van der Waals surface area contributed by atoms with Gasteiger partial charge in [0.15, 0.2) is 11.2 Å². The SMILES string of the molecule is Cc1cc(=O)cc(C(=O)NC(Cn2ccnc2)c2ccccc2)o1. The molecule has 1 atom stereocenters. The number of benzene rings is 1. The van der Waals surface area contributed by atoms with Gasteiger partial charge in [-0.1, -0.05) is 30.3 Å². The molecule has 0 fully saturated rings. The number of hydrogen-bond acceptors (Lipinski definition) is 4. The van der Waals surface area contributed by atoms with Crippen molar-refractivity contribution >= 4 is 5.91 Å². The molecule has 0 aliphatic carbocycles. The Bertz CT molecular complexity index is 870. The van der Waals surface area contributed by atoms with Crippen molar-refractivity contribution in [3.63, 3.8) is 0 Å². The van der Waals surface area contributed by atoms with E-state index in [1.807, 2.05) is 41.1 Å². The van der Waals surface area contributed by atoms with E-state index in [2.05, 4.69) is 10.3 Å². The van der Waals surface area contributed by atoms with E-state index in [1.165, 1.54) is 12.1 Å². The third-order valence-corrected chi connectivity index (χ3v) is 3.57. The number of nitrogens with one attached hydrogen (secondary N) is 1. The van der Waals surface area contributed by atoms with E-state index < -0.39 is 5.91 Å². The van der Waals surface area contributed by atoms with E-state index in [4.69, 9.17) is 4.42 Å². The van der Waals surface area contributed by atoms with Gasteiger partial charge in [0.05, 0.1) is 12.4 Å². The first-order valence-electron chi connectivity index (χ1n) is 7.55. The molecule has 0 saturated carbocycles. The molecule has 1 N–H and O–H groups in total. The predicted molar refractivity (Wildman–Crippen MR) is 88.6 cm³/mol. The number of hydrogen-bond donors (Lipinski definition) is 1. The number of aromatic nitrogens is 2. The lowest BCUT2D eigenvalue weighted by molar-refractivity contribution is 0.0900. The molecule has 0 aliphatic heterocycles. The van der Waals surface area contributed by atoms with E-state index >= 15 is 0 Å². The van der Waals surface area contributed by atoms with Crippen molar-refractivity contribution in [2.45, 2.75) is 19.5 Å². The topological polar surface area (TPSA) is 77.1 Å². The van der Waals surface area contributed by atoms with E-state index in [1.54, 1.807) is 19.4 Å². The van der Waals surface area contributed by atoms with Crippen molar-refractivity contribution in [1.82, 2.24) is 14.9 Å². The van der Waals surface area contributed by atoms with Crippen LogP contribution in [0.25, 0.3) is 0 Å². The minimum atomic E-state index is -0.426. The van der Waals surface area contributed by atoms with Crippen molar-refractivity contribution in [1.29, 1.82) is 0 Å². The molecular weight excluding hydrogens is 306 g/mol. The summed E-state index contributed by atoms with van der Waals surface area (Å²) in [6.45, 7) is 2.16. The smallest absolute Gasteiger partial charge is 0.287 e. The number of amides is 1. The molecule has 0 radical (unpaired) electrons. The quantitative estimate of drug-likeness (QED) is 0.781. The second-order valence-electron chi connectivity index (χ2n) is 5.46. The zero-order valence-corrected chi connectivity index (χ0v) is 13.2. The summed E-state index contributed by atoms with van der Waals surface area (Å²) in [5.41, 5.74) is 0.698. The maximum Gasteiger partial charge on any atom is 0.287 e. The highest BCUT2D eigenvalue weighted by Gasteiger charge is 2.18. The summed E-state index contributed by atoms with van der Waals surface area (Å²) in [5.74, 6) is -0.0187. The van der Waals surface area contributed by atoms with Crippen LogP contribution in [0.3, 0.4) is 0 Å². The Hall–Kier alpha value is -3.15. The van der Waals surface area contributed by atoms with Gasteiger partial charge in [0.2, 0.25) is 0 Å². The highest BCUT2D eigenvalue weighted by Crippen LogP contribution is 2.16. The summed E-state index contributed by atoms with van der Waals surface area (Å²) in [5, 5.41) is 2.92. The number of carbonyl (C=O) groups excluding carboxylic acids is 1. The molecule has 6 nitrogen and oxygen atoms in total. The van der Waals surface area contributed by atoms with Crippen LogP contribution < -0.4 is 10.7 Å². The molecule has 3 rings (SSSR count). The van der Waals surface area contributed by atoms with Crippen LogP contribution in [-0.4, -0.2) is 15.5 Å². The van der Waals surface area contributed by atoms with Crippen LogP contribution in [0.5, 0.6) is 0 Å². The number of aryl methyl sites for hydroxylation is 1. The number of carbonyl (C=O) groups is 1. The molecule has 0 bridgehead atoms. The molecule has 0 spiro atoms. The van der Waals surface area contributed by atoms with Gasteiger partial charge in [0.1, 0.15) is 5.76 Å². The van der Waals surface area contributed by atoms with Gasteiger partial charge in [-0.25, -0.2) is 4.98 Å². The minimum Gasteiger partial charge on any atom is -0.456 e. The third-order valence-electron chi connectivity index (χ3n) is 3.57. The van der Waals surface area contributed by atoms with E-state index in [9.17, 15) is 9.59 Å².